The zero-order chi connectivity index (χ0) is 14.9. The van der Waals surface area contributed by atoms with Crippen molar-refractivity contribution in [2.75, 3.05) is 13.2 Å². The molecule has 1 aliphatic heterocycles. The van der Waals surface area contributed by atoms with Gasteiger partial charge in [-0.3, -0.25) is 9.59 Å². The molecule has 1 aromatic rings. The summed E-state index contributed by atoms with van der Waals surface area (Å²) in [5, 5.41) is 21.6. The Bertz CT molecular complexity index is 562. The van der Waals surface area contributed by atoms with Gasteiger partial charge in [0.1, 0.15) is 11.2 Å². The van der Waals surface area contributed by atoms with E-state index < -0.39 is 23.3 Å². The number of hydrogen-bond donors (Lipinski definition) is 3. The number of phenolic OH excluding ortho intramolecular Hbond substituents is 1. The highest BCUT2D eigenvalue weighted by Crippen LogP contribution is 2.29. The molecule has 2 atom stereocenters. The molecule has 1 saturated heterocycles. The molecule has 2 unspecified atom stereocenters. The van der Waals surface area contributed by atoms with E-state index in [1.807, 2.05) is 0 Å². The Morgan fingerprint density at radius 3 is 2.80 bits per heavy atom. The van der Waals surface area contributed by atoms with Gasteiger partial charge in [-0.2, -0.15) is 0 Å². The molecule has 0 spiro atoms. The summed E-state index contributed by atoms with van der Waals surface area (Å²) in [5.41, 5.74) is -1.08. The van der Waals surface area contributed by atoms with Gasteiger partial charge in [0.05, 0.1) is 24.8 Å². The summed E-state index contributed by atoms with van der Waals surface area (Å²) in [7, 11) is 0. The minimum Gasteiger partial charge on any atom is -0.507 e. The zero-order valence-electron chi connectivity index (χ0n) is 10.7. The lowest BCUT2D eigenvalue weighted by atomic mass is 9.85. The molecular weight excluding hydrogens is 330 g/mol. The Kier molecular flexibility index (Phi) is 4.01. The van der Waals surface area contributed by atoms with E-state index >= 15 is 0 Å². The number of amides is 1. The molecule has 1 aromatic carbocycles. The van der Waals surface area contributed by atoms with E-state index in [2.05, 4.69) is 21.2 Å². The van der Waals surface area contributed by atoms with Gasteiger partial charge < -0.3 is 20.3 Å². The predicted octanol–water partition coefficient (Wildman–Crippen LogP) is 1.37. The molecule has 1 fully saturated rings. The van der Waals surface area contributed by atoms with E-state index in [-0.39, 0.29) is 24.5 Å². The minimum atomic E-state index is -1.17. The first-order chi connectivity index (χ1) is 9.34. The average molecular weight is 344 g/mol. The molecule has 0 radical (unpaired) electrons. The number of rotatable bonds is 3. The molecule has 108 valence electrons. The summed E-state index contributed by atoms with van der Waals surface area (Å²) in [4.78, 5) is 23.4. The van der Waals surface area contributed by atoms with E-state index in [1.165, 1.54) is 19.1 Å². The van der Waals surface area contributed by atoms with Gasteiger partial charge in [-0.15, -0.1) is 0 Å². The van der Waals surface area contributed by atoms with Gasteiger partial charge in [-0.1, -0.05) is 15.9 Å². The van der Waals surface area contributed by atoms with Crippen molar-refractivity contribution in [3.05, 3.63) is 28.2 Å². The maximum Gasteiger partial charge on any atom is 0.313 e. The van der Waals surface area contributed by atoms with Gasteiger partial charge in [-0.05, 0) is 25.1 Å². The summed E-state index contributed by atoms with van der Waals surface area (Å²) in [6, 6.07) is 3.84. The fourth-order valence-corrected chi connectivity index (χ4v) is 2.37. The van der Waals surface area contributed by atoms with Crippen LogP contribution in [0.1, 0.15) is 17.3 Å². The normalized spacial score (nSPS) is 25.4. The van der Waals surface area contributed by atoms with Gasteiger partial charge in [0.15, 0.2) is 0 Å². The van der Waals surface area contributed by atoms with Crippen molar-refractivity contribution in [2.24, 2.45) is 5.41 Å². The Morgan fingerprint density at radius 1 is 1.50 bits per heavy atom. The Hall–Kier alpha value is -1.60. The van der Waals surface area contributed by atoms with E-state index in [9.17, 15) is 19.8 Å². The number of aliphatic carboxylic acids is 1. The van der Waals surface area contributed by atoms with Crippen molar-refractivity contribution < 1.29 is 24.5 Å². The first-order valence-corrected chi connectivity index (χ1v) is 6.74. The number of carbonyl (C=O) groups is 2. The second-order valence-corrected chi connectivity index (χ2v) is 5.84. The van der Waals surface area contributed by atoms with Crippen molar-refractivity contribution in [1.29, 1.82) is 0 Å². The number of benzene rings is 1. The molecule has 7 heteroatoms. The molecular formula is C13H14BrNO5. The summed E-state index contributed by atoms with van der Waals surface area (Å²) >= 11 is 3.18. The van der Waals surface area contributed by atoms with Crippen LogP contribution in [0.5, 0.6) is 5.75 Å². The highest BCUT2D eigenvalue weighted by molar-refractivity contribution is 9.10. The molecule has 0 saturated carbocycles. The van der Waals surface area contributed by atoms with E-state index in [0.717, 1.165) is 0 Å². The maximum absolute atomic E-state index is 12.1. The third-order valence-corrected chi connectivity index (χ3v) is 3.95. The largest absolute Gasteiger partial charge is 0.507 e. The van der Waals surface area contributed by atoms with Crippen LogP contribution in [-0.4, -0.2) is 41.3 Å². The van der Waals surface area contributed by atoms with Crippen LogP contribution in [0.25, 0.3) is 0 Å². The van der Waals surface area contributed by atoms with Crippen molar-refractivity contribution in [2.45, 2.75) is 13.0 Å². The monoisotopic (exact) mass is 343 g/mol. The number of carboxylic acid groups (broad SMARTS) is 1. The number of carboxylic acids is 1. The number of hydrogen-bond acceptors (Lipinski definition) is 4. The maximum atomic E-state index is 12.1. The average Bonchev–Trinajstić information content (AvgIpc) is 2.72. The van der Waals surface area contributed by atoms with Crippen LogP contribution >= 0.6 is 15.9 Å². The van der Waals surface area contributed by atoms with Crippen LogP contribution in [-0.2, 0) is 9.53 Å². The lowest BCUT2D eigenvalue weighted by Gasteiger charge is -2.25. The molecule has 1 aliphatic rings. The predicted molar refractivity (Wildman–Crippen MR) is 73.6 cm³/mol. The first-order valence-electron chi connectivity index (χ1n) is 5.95. The summed E-state index contributed by atoms with van der Waals surface area (Å²) in [6.07, 6.45) is 0. The van der Waals surface area contributed by atoms with Crippen LogP contribution in [0.2, 0.25) is 0 Å². The Morgan fingerprint density at radius 2 is 2.20 bits per heavy atom. The highest BCUT2D eigenvalue weighted by atomic mass is 79.9. The minimum absolute atomic E-state index is 0.0413. The third-order valence-electron chi connectivity index (χ3n) is 3.45. The van der Waals surface area contributed by atoms with Gasteiger partial charge in [0.2, 0.25) is 0 Å². The molecule has 3 N–H and O–H groups in total. The molecule has 0 bridgehead atoms. The SMILES string of the molecule is CC1(C(=O)O)COCC1NC(=O)c1ccc(Br)cc1O. The van der Waals surface area contributed by atoms with Gasteiger partial charge in [0.25, 0.3) is 5.91 Å². The zero-order valence-corrected chi connectivity index (χ0v) is 12.3. The lowest BCUT2D eigenvalue weighted by Crippen LogP contribution is -2.49. The summed E-state index contributed by atoms with van der Waals surface area (Å²) in [5.74, 6) is -1.73. The van der Waals surface area contributed by atoms with Crippen LogP contribution in [0.3, 0.4) is 0 Å². The number of aromatic hydroxyl groups is 1. The van der Waals surface area contributed by atoms with Crippen molar-refractivity contribution in [1.82, 2.24) is 5.32 Å². The smallest absolute Gasteiger partial charge is 0.313 e. The lowest BCUT2D eigenvalue weighted by molar-refractivity contribution is -0.148. The third kappa shape index (κ3) is 2.64. The summed E-state index contributed by atoms with van der Waals surface area (Å²) in [6.45, 7) is 1.69. The van der Waals surface area contributed by atoms with Crippen LogP contribution in [0, 0.1) is 5.41 Å². The Balaban J connectivity index is 2.17. The van der Waals surface area contributed by atoms with Crippen molar-refractivity contribution in [3.63, 3.8) is 0 Å². The van der Waals surface area contributed by atoms with Crippen LogP contribution < -0.4 is 5.32 Å². The molecule has 6 nitrogen and oxygen atoms in total. The Labute approximate surface area is 123 Å². The number of ether oxygens (including phenoxy) is 1. The van der Waals surface area contributed by atoms with Gasteiger partial charge in [0, 0.05) is 4.47 Å². The van der Waals surface area contributed by atoms with Crippen molar-refractivity contribution >= 4 is 27.8 Å². The van der Waals surface area contributed by atoms with Gasteiger partial charge in [-0.25, -0.2) is 0 Å². The molecule has 0 aliphatic carbocycles. The number of nitrogens with one attached hydrogen (secondary N) is 1. The fraction of sp³-hybridized carbons (Fsp3) is 0.385. The van der Waals surface area contributed by atoms with Crippen LogP contribution in [0.4, 0.5) is 0 Å². The van der Waals surface area contributed by atoms with Crippen molar-refractivity contribution in [3.8, 4) is 5.75 Å². The highest BCUT2D eigenvalue weighted by Gasteiger charge is 2.47. The summed E-state index contributed by atoms with van der Waals surface area (Å²) < 4.78 is 5.80. The van der Waals surface area contributed by atoms with E-state index in [4.69, 9.17) is 4.74 Å². The topological polar surface area (TPSA) is 95.9 Å². The second-order valence-electron chi connectivity index (χ2n) is 4.93. The molecule has 2 rings (SSSR count). The van der Waals surface area contributed by atoms with E-state index in [1.54, 1.807) is 6.07 Å². The first kappa shape index (κ1) is 14.8. The number of halogens is 1. The molecule has 1 heterocycles. The molecule has 0 aromatic heterocycles. The second kappa shape index (κ2) is 5.41. The number of carbonyl (C=O) groups excluding carboxylic acids is 1. The van der Waals surface area contributed by atoms with E-state index in [0.29, 0.717) is 4.47 Å². The van der Waals surface area contributed by atoms with Gasteiger partial charge >= 0.3 is 5.97 Å². The molecule has 20 heavy (non-hydrogen) atoms. The van der Waals surface area contributed by atoms with Crippen LogP contribution in [0.15, 0.2) is 22.7 Å². The molecule has 1 amide bonds. The quantitative estimate of drug-likeness (QED) is 0.770. The number of phenols is 1. The fourth-order valence-electron chi connectivity index (χ4n) is 2.02. The standard InChI is InChI=1S/C13H14BrNO5/c1-13(12(18)19)6-20-5-10(13)15-11(17)8-3-2-7(14)4-9(8)16/h2-4,10,16H,5-6H2,1H3,(H,15,17)(H,18,19).